The molecule has 0 aliphatic heterocycles. The van der Waals surface area contributed by atoms with Crippen molar-refractivity contribution in [1.29, 1.82) is 0 Å². The highest BCUT2D eigenvalue weighted by atomic mass is 31.2. The fourth-order valence-corrected chi connectivity index (χ4v) is 13.5. The number of phosphoric acid groups is 2. The highest BCUT2D eigenvalue weighted by molar-refractivity contribution is 7.47. The number of ether oxygens (including phenoxy) is 4. The van der Waals surface area contributed by atoms with Crippen molar-refractivity contribution in [2.75, 3.05) is 39.6 Å². The lowest BCUT2D eigenvalue weighted by Crippen LogP contribution is -2.30. The van der Waals surface area contributed by atoms with Gasteiger partial charge in [-0.1, -0.05) is 344 Å². The monoisotopic (exact) mass is 1420 g/mol. The van der Waals surface area contributed by atoms with Crippen LogP contribution in [0.4, 0.5) is 0 Å². The Labute approximate surface area is 594 Å². The quantitative estimate of drug-likeness (QED) is 0.0222. The van der Waals surface area contributed by atoms with Crippen LogP contribution in [0.25, 0.3) is 0 Å². The Morgan fingerprint density at radius 2 is 0.495 bits per heavy atom. The minimum atomic E-state index is -4.96. The molecule has 17 nitrogen and oxygen atoms in total. The molecule has 0 rings (SSSR count). The smallest absolute Gasteiger partial charge is 0.462 e. The number of phosphoric ester groups is 2. The Kier molecular flexibility index (Phi) is 65.9. The van der Waals surface area contributed by atoms with E-state index in [4.69, 9.17) is 37.0 Å². The Balaban J connectivity index is 5.27. The normalized spacial score (nSPS) is 14.4. The Hall–Kier alpha value is -1.94. The van der Waals surface area contributed by atoms with E-state index in [1.807, 2.05) is 0 Å². The van der Waals surface area contributed by atoms with Crippen LogP contribution >= 0.6 is 15.6 Å². The van der Waals surface area contributed by atoms with Crippen LogP contribution in [-0.2, 0) is 65.4 Å². The van der Waals surface area contributed by atoms with Crippen molar-refractivity contribution in [2.24, 2.45) is 23.7 Å². The first kappa shape index (κ1) is 95.1. The predicted molar refractivity (Wildman–Crippen MR) is 395 cm³/mol. The predicted octanol–water partition coefficient (Wildman–Crippen LogP) is 22.8. The second kappa shape index (κ2) is 67.2. The molecule has 0 aromatic heterocycles. The fourth-order valence-electron chi connectivity index (χ4n) is 11.9. The van der Waals surface area contributed by atoms with Gasteiger partial charge in [-0.05, 0) is 49.4 Å². The average molecular weight is 1420 g/mol. The molecule has 97 heavy (non-hydrogen) atoms. The van der Waals surface area contributed by atoms with E-state index in [1.54, 1.807) is 0 Å². The van der Waals surface area contributed by atoms with Crippen molar-refractivity contribution in [3.05, 3.63) is 0 Å². The van der Waals surface area contributed by atoms with Crippen LogP contribution < -0.4 is 0 Å². The number of carbonyl (C=O) groups excluding carboxylic acids is 4. The summed E-state index contributed by atoms with van der Waals surface area (Å²) >= 11 is 0. The molecule has 19 heteroatoms. The molecule has 0 aliphatic carbocycles. The van der Waals surface area contributed by atoms with E-state index >= 15 is 0 Å². The molecule has 0 spiro atoms. The van der Waals surface area contributed by atoms with E-state index in [0.29, 0.717) is 25.7 Å². The first-order chi connectivity index (χ1) is 46.6. The van der Waals surface area contributed by atoms with Crippen molar-refractivity contribution in [1.82, 2.24) is 0 Å². The highest BCUT2D eigenvalue weighted by Gasteiger charge is 2.30. The molecular formula is C78H152O17P2. The Morgan fingerprint density at radius 3 is 0.732 bits per heavy atom. The van der Waals surface area contributed by atoms with Crippen LogP contribution in [0.1, 0.15) is 396 Å². The number of esters is 4. The third-order valence-corrected chi connectivity index (χ3v) is 20.3. The van der Waals surface area contributed by atoms with Crippen molar-refractivity contribution in [2.45, 2.75) is 414 Å². The van der Waals surface area contributed by atoms with Gasteiger partial charge in [-0.25, -0.2) is 9.13 Å². The lowest BCUT2D eigenvalue weighted by molar-refractivity contribution is -0.161. The van der Waals surface area contributed by atoms with Crippen LogP contribution in [-0.4, -0.2) is 96.7 Å². The standard InChI is InChI=1S/C78H152O17P2/c1-9-71(8)57-49-41-33-24-20-21-27-37-45-53-61-78(83)95-74(65-89-76(81)59-51-43-35-29-28-32-40-48-56-70(6)7)67-93-97(86,87)91-63-72(79)62-90-96(84,85)92-66-73(94-77(82)60-52-44-36-26-19-15-11-13-17-23-31-39-47-55-69(4)5)64-88-75(80)58-50-42-34-25-18-14-10-12-16-22-30-38-46-54-68(2)3/h68-74,79H,9-67H2,1-8H3,(H,84,85)(H,86,87)/t71?,72-,73-,74-/m1/s1. The van der Waals surface area contributed by atoms with E-state index in [0.717, 1.165) is 114 Å². The average Bonchev–Trinajstić information content (AvgIpc) is 1.13. The summed E-state index contributed by atoms with van der Waals surface area (Å²) in [6.45, 7) is 14.2. The van der Waals surface area contributed by atoms with Gasteiger partial charge in [0, 0.05) is 25.7 Å². The third kappa shape index (κ3) is 70.9. The molecule has 0 amide bonds. The summed E-state index contributed by atoms with van der Waals surface area (Å²) in [5, 5.41) is 10.6. The molecular weight excluding hydrogens is 1270 g/mol. The van der Waals surface area contributed by atoms with Gasteiger partial charge in [0.15, 0.2) is 12.2 Å². The molecule has 0 aromatic carbocycles. The summed E-state index contributed by atoms with van der Waals surface area (Å²) < 4.78 is 68.6. The Morgan fingerprint density at radius 1 is 0.289 bits per heavy atom. The molecule has 0 radical (unpaired) electrons. The molecule has 3 N–H and O–H groups in total. The second-order valence-corrected chi connectivity index (χ2v) is 32.7. The van der Waals surface area contributed by atoms with E-state index in [2.05, 4.69) is 55.4 Å². The van der Waals surface area contributed by atoms with Crippen LogP contribution in [0, 0.1) is 23.7 Å². The van der Waals surface area contributed by atoms with Crippen LogP contribution in [0.2, 0.25) is 0 Å². The summed E-state index contributed by atoms with van der Waals surface area (Å²) in [5.41, 5.74) is 0. The van der Waals surface area contributed by atoms with E-state index in [1.165, 1.54) is 199 Å². The van der Waals surface area contributed by atoms with Gasteiger partial charge >= 0.3 is 39.5 Å². The number of aliphatic hydroxyl groups excluding tert-OH is 1. The number of aliphatic hydroxyl groups is 1. The number of unbranched alkanes of at least 4 members (excludes halogenated alkanes) is 40. The lowest BCUT2D eigenvalue weighted by Gasteiger charge is -2.21. The molecule has 0 saturated carbocycles. The van der Waals surface area contributed by atoms with Gasteiger partial charge < -0.3 is 33.8 Å². The van der Waals surface area contributed by atoms with Gasteiger partial charge in [-0.3, -0.25) is 37.3 Å². The highest BCUT2D eigenvalue weighted by Crippen LogP contribution is 2.45. The van der Waals surface area contributed by atoms with Crippen LogP contribution in [0.3, 0.4) is 0 Å². The topological polar surface area (TPSA) is 237 Å². The molecule has 3 unspecified atom stereocenters. The fraction of sp³-hybridized carbons (Fsp3) is 0.949. The summed E-state index contributed by atoms with van der Waals surface area (Å²) in [7, 11) is -9.92. The number of rotatable bonds is 75. The second-order valence-electron chi connectivity index (χ2n) is 29.8. The third-order valence-electron chi connectivity index (χ3n) is 18.4. The minimum absolute atomic E-state index is 0.105. The first-order valence-electron chi connectivity index (χ1n) is 40.2. The first-order valence-corrected chi connectivity index (χ1v) is 43.2. The van der Waals surface area contributed by atoms with Gasteiger partial charge in [0.1, 0.15) is 19.3 Å². The maximum atomic E-state index is 13.1. The van der Waals surface area contributed by atoms with Crippen molar-refractivity contribution >= 4 is 39.5 Å². The van der Waals surface area contributed by atoms with Gasteiger partial charge in [-0.15, -0.1) is 0 Å². The molecule has 0 bridgehead atoms. The molecule has 0 saturated heterocycles. The van der Waals surface area contributed by atoms with E-state index in [9.17, 15) is 43.2 Å². The maximum Gasteiger partial charge on any atom is 0.472 e. The van der Waals surface area contributed by atoms with Crippen LogP contribution in [0.15, 0.2) is 0 Å². The molecule has 0 fully saturated rings. The van der Waals surface area contributed by atoms with Gasteiger partial charge in [-0.2, -0.15) is 0 Å². The summed E-state index contributed by atoms with van der Waals surface area (Å²) in [6, 6.07) is 0. The summed E-state index contributed by atoms with van der Waals surface area (Å²) in [4.78, 5) is 72.9. The zero-order valence-electron chi connectivity index (χ0n) is 63.7. The van der Waals surface area contributed by atoms with E-state index < -0.39 is 97.5 Å². The van der Waals surface area contributed by atoms with Crippen molar-refractivity contribution in [3.63, 3.8) is 0 Å². The van der Waals surface area contributed by atoms with Gasteiger partial charge in [0.25, 0.3) is 0 Å². The Bertz CT molecular complexity index is 1900. The molecule has 0 heterocycles. The molecule has 6 atom stereocenters. The van der Waals surface area contributed by atoms with Crippen molar-refractivity contribution in [3.8, 4) is 0 Å². The van der Waals surface area contributed by atoms with E-state index in [-0.39, 0.29) is 25.7 Å². The SMILES string of the molecule is CCC(C)CCCCCCCCCCCCC(=O)O[C@H](COC(=O)CCCCCCCCCCC(C)C)COP(=O)(O)OC[C@H](O)COP(=O)(O)OC[C@@H](COC(=O)CCCCCCCCCCCCCCCC(C)C)OC(=O)CCCCCCCCCCCCCCCC(C)C. The summed E-state index contributed by atoms with van der Waals surface area (Å²) in [5.74, 6) is 0.989. The number of hydrogen-bond acceptors (Lipinski definition) is 15. The zero-order valence-corrected chi connectivity index (χ0v) is 65.5. The maximum absolute atomic E-state index is 13.1. The van der Waals surface area contributed by atoms with Gasteiger partial charge in [0.05, 0.1) is 26.4 Å². The lowest BCUT2D eigenvalue weighted by atomic mass is 9.99. The van der Waals surface area contributed by atoms with Crippen LogP contribution in [0.5, 0.6) is 0 Å². The number of carbonyl (C=O) groups is 4. The summed E-state index contributed by atoms with van der Waals surface area (Å²) in [6.07, 6.45) is 52.6. The molecule has 576 valence electrons. The van der Waals surface area contributed by atoms with Crippen molar-refractivity contribution < 1.29 is 80.2 Å². The zero-order chi connectivity index (χ0) is 71.7. The molecule has 0 aliphatic rings. The number of hydrogen-bond donors (Lipinski definition) is 3. The minimum Gasteiger partial charge on any atom is -0.462 e. The van der Waals surface area contributed by atoms with Gasteiger partial charge in [0.2, 0.25) is 0 Å². The largest absolute Gasteiger partial charge is 0.472 e. The molecule has 0 aromatic rings.